The number of nitrogens with zero attached hydrogens (tertiary/aromatic N) is 3. The number of aryl methyl sites for hydroxylation is 1. The van der Waals surface area contributed by atoms with Crippen molar-refractivity contribution in [1.29, 1.82) is 0 Å². The molecule has 0 radical (unpaired) electrons. The molecule has 0 aliphatic carbocycles. The lowest BCUT2D eigenvalue weighted by Gasteiger charge is -2.34. The Balaban J connectivity index is 1.57. The van der Waals surface area contributed by atoms with Gasteiger partial charge in [0.15, 0.2) is 5.13 Å². The summed E-state index contributed by atoms with van der Waals surface area (Å²) in [5.74, 6) is 0.122. The number of rotatable bonds is 5. The minimum Gasteiger partial charge on any atom is -0.355 e. The van der Waals surface area contributed by atoms with Crippen molar-refractivity contribution in [3.05, 3.63) is 22.7 Å². The lowest BCUT2D eigenvalue weighted by atomic mass is 10.2. The van der Waals surface area contributed by atoms with Crippen LogP contribution in [-0.2, 0) is 4.79 Å². The van der Waals surface area contributed by atoms with Crippen molar-refractivity contribution in [3.63, 3.8) is 0 Å². The van der Waals surface area contributed by atoms with Crippen molar-refractivity contribution in [3.8, 4) is 0 Å². The second-order valence-electron chi connectivity index (χ2n) is 6.05. The van der Waals surface area contributed by atoms with Crippen LogP contribution in [0.25, 0.3) is 10.2 Å². The molecule has 0 unspecified atom stereocenters. The summed E-state index contributed by atoms with van der Waals surface area (Å²) in [5.41, 5.74) is 2.08. The standard InChI is InChI=1S/C17H23ClN4OS/c1-3-15(23)19-6-7-21-8-10-22(11-9-21)17-20-16-12(2)13(18)4-5-14(16)24-17/h4-5H,3,6-11H2,1-2H3,(H,19,23). The van der Waals surface area contributed by atoms with E-state index in [1.54, 1.807) is 11.3 Å². The molecule has 1 N–H and O–H groups in total. The van der Waals surface area contributed by atoms with E-state index in [1.165, 1.54) is 4.70 Å². The summed E-state index contributed by atoms with van der Waals surface area (Å²) in [7, 11) is 0. The van der Waals surface area contributed by atoms with E-state index in [4.69, 9.17) is 16.6 Å². The van der Waals surface area contributed by atoms with Gasteiger partial charge in [-0.25, -0.2) is 4.98 Å². The number of thiazole rings is 1. The first-order chi connectivity index (χ1) is 11.6. The largest absolute Gasteiger partial charge is 0.355 e. The molecule has 1 aromatic carbocycles. The van der Waals surface area contributed by atoms with Crippen molar-refractivity contribution >= 4 is 44.2 Å². The van der Waals surface area contributed by atoms with Gasteiger partial charge in [-0.15, -0.1) is 0 Å². The van der Waals surface area contributed by atoms with Gasteiger partial charge >= 0.3 is 0 Å². The molecule has 0 saturated carbocycles. The Labute approximate surface area is 151 Å². The topological polar surface area (TPSA) is 48.5 Å². The third-order valence-electron chi connectivity index (χ3n) is 4.45. The molecular formula is C17H23ClN4OS. The van der Waals surface area contributed by atoms with Gasteiger partial charge < -0.3 is 10.2 Å². The number of anilines is 1. The van der Waals surface area contributed by atoms with Crippen molar-refractivity contribution in [2.45, 2.75) is 20.3 Å². The average Bonchev–Trinajstić information content (AvgIpc) is 3.03. The number of carbonyl (C=O) groups excluding carboxylic acids is 1. The summed E-state index contributed by atoms with van der Waals surface area (Å²) >= 11 is 7.93. The molecule has 1 saturated heterocycles. The lowest BCUT2D eigenvalue weighted by Crippen LogP contribution is -2.48. The van der Waals surface area contributed by atoms with Crippen LogP contribution in [0.2, 0.25) is 5.02 Å². The maximum atomic E-state index is 11.3. The highest BCUT2D eigenvalue weighted by Gasteiger charge is 2.20. The molecule has 2 aromatic rings. The average molecular weight is 367 g/mol. The van der Waals surface area contributed by atoms with Crippen LogP contribution < -0.4 is 10.2 Å². The maximum Gasteiger partial charge on any atom is 0.219 e. The molecule has 0 spiro atoms. The highest BCUT2D eigenvalue weighted by Crippen LogP contribution is 2.33. The van der Waals surface area contributed by atoms with Crippen LogP contribution in [0.15, 0.2) is 12.1 Å². The molecule has 3 rings (SSSR count). The third kappa shape index (κ3) is 3.82. The van der Waals surface area contributed by atoms with Crippen LogP contribution in [-0.4, -0.2) is 55.1 Å². The van der Waals surface area contributed by atoms with E-state index in [0.717, 1.165) is 60.5 Å². The molecule has 24 heavy (non-hydrogen) atoms. The first-order valence-corrected chi connectivity index (χ1v) is 9.57. The zero-order valence-corrected chi connectivity index (χ0v) is 15.7. The SMILES string of the molecule is CCC(=O)NCCN1CCN(c2nc3c(C)c(Cl)ccc3s2)CC1. The van der Waals surface area contributed by atoms with Crippen molar-refractivity contribution in [2.75, 3.05) is 44.2 Å². The predicted octanol–water partition coefficient (Wildman–Crippen LogP) is 2.91. The normalized spacial score (nSPS) is 15.9. The number of fused-ring (bicyclic) bond motifs is 1. The summed E-state index contributed by atoms with van der Waals surface area (Å²) in [6.45, 7) is 9.47. The Morgan fingerprint density at radius 1 is 1.33 bits per heavy atom. The van der Waals surface area contributed by atoms with Gasteiger partial charge in [-0.3, -0.25) is 9.69 Å². The van der Waals surface area contributed by atoms with Gasteiger partial charge in [-0.2, -0.15) is 0 Å². The van der Waals surface area contributed by atoms with E-state index in [9.17, 15) is 4.79 Å². The fraction of sp³-hybridized carbons (Fsp3) is 0.529. The smallest absolute Gasteiger partial charge is 0.219 e. The summed E-state index contributed by atoms with van der Waals surface area (Å²) in [6.07, 6.45) is 0.550. The van der Waals surface area contributed by atoms with Crippen molar-refractivity contribution in [1.82, 2.24) is 15.2 Å². The maximum absolute atomic E-state index is 11.3. The van der Waals surface area contributed by atoms with Crippen LogP contribution in [0.4, 0.5) is 5.13 Å². The number of piperazine rings is 1. The molecule has 7 heteroatoms. The summed E-state index contributed by atoms with van der Waals surface area (Å²) in [5, 5.41) is 4.79. The number of carbonyl (C=O) groups is 1. The van der Waals surface area contributed by atoms with Crippen LogP contribution >= 0.6 is 22.9 Å². The number of amides is 1. The second-order valence-corrected chi connectivity index (χ2v) is 7.46. The minimum atomic E-state index is 0.122. The van der Waals surface area contributed by atoms with Gasteiger partial charge in [0.05, 0.1) is 10.2 Å². The van der Waals surface area contributed by atoms with Crippen LogP contribution in [0.1, 0.15) is 18.9 Å². The first kappa shape index (κ1) is 17.5. The van der Waals surface area contributed by atoms with Gasteiger partial charge in [0.2, 0.25) is 5.91 Å². The fourth-order valence-corrected chi connectivity index (χ4v) is 4.09. The molecule has 1 aliphatic heterocycles. The number of aromatic nitrogens is 1. The molecule has 1 aromatic heterocycles. The van der Waals surface area contributed by atoms with E-state index >= 15 is 0 Å². The number of halogens is 1. The number of hydrogen-bond donors (Lipinski definition) is 1. The highest BCUT2D eigenvalue weighted by molar-refractivity contribution is 7.22. The minimum absolute atomic E-state index is 0.122. The number of hydrogen-bond acceptors (Lipinski definition) is 5. The molecule has 1 aliphatic rings. The lowest BCUT2D eigenvalue weighted by molar-refractivity contribution is -0.120. The second kappa shape index (κ2) is 7.68. The molecule has 1 fully saturated rings. The third-order valence-corrected chi connectivity index (χ3v) is 5.94. The van der Waals surface area contributed by atoms with Crippen LogP contribution in [0, 0.1) is 6.92 Å². The van der Waals surface area contributed by atoms with Gasteiger partial charge in [0, 0.05) is 50.7 Å². The summed E-state index contributed by atoms with van der Waals surface area (Å²) in [6, 6.07) is 4.00. The summed E-state index contributed by atoms with van der Waals surface area (Å²) in [4.78, 5) is 20.8. The van der Waals surface area contributed by atoms with E-state index in [2.05, 4.69) is 21.2 Å². The van der Waals surface area contributed by atoms with E-state index in [1.807, 2.05) is 19.9 Å². The van der Waals surface area contributed by atoms with E-state index < -0.39 is 0 Å². The van der Waals surface area contributed by atoms with Crippen LogP contribution in [0.3, 0.4) is 0 Å². The molecule has 5 nitrogen and oxygen atoms in total. The zero-order valence-electron chi connectivity index (χ0n) is 14.1. The van der Waals surface area contributed by atoms with Crippen molar-refractivity contribution < 1.29 is 4.79 Å². The van der Waals surface area contributed by atoms with Gasteiger partial charge in [0.1, 0.15) is 0 Å². The van der Waals surface area contributed by atoms with Gasteiger partial charge in [0.25, 0.3) is 0 Å². The predicted molar refractivity (Wildman–Crippen MR) is 101 cm³/mol. The first-order valence-electron chi connectivity index (χ1n) is 8.38. The molecule has 0 bridgehead atoms. The zero-order chi connectivity index (χ0) is 17.1. The van der Waals surface area contributed by atoms with Crippen molar-refractivity contribution in [2.24, 2.45) is 0 Å². The van der Waals surface area contributed by atoms with Crippen LogP contribution in [0.5, 0.6) is 0 Å². The van der Waals surface area contributed by atoms with Gasteiger partial charge in [-0.05, 0) is 24.6 Å². The molecule has 0 atom stereocenters. The fourth-order valence-electron chi connectivity index (χ4n) is 2.87. The molecular weight excluding hydrogens is 344 g/mol. The van der Waals surface area contributed by atoms with E-state index in [0.29, 0.717) is 6.42 Å². The Kier molecular flexibility index (Phi) is 5.58. The monoisotopic (exact) mass is 366 g/mol. The summed E-state index contributed by atoms with van der Waals surface area (Å²) < 4.78 is 1.19. The Hall–Kier alpha value is -1.37. The Morgan fingerprint density at radius 2 is 2.08 bits per heavy atom. The number of benzene rings is 1. The Bertz CT molecular complexity index is 725. The molecule has 130 valence electrons. The quantitative estimate of drug-likeness (QED) is 0.883. The van der Waals surface area contributed by atoms with E-state index in [-0.39, 0.29) is 5.91 Å². The number of nitrogens with one attached hydrogen (secondary N) is 1. The van der Waals surface area contributed by atoms with Gasteiger partial charge in [-0.1, -0.05) is 29.9 Å². The highest BCUT2D eigenvalue weighted by atomic mass is 35.5. The molecule has 2 heterocycles. The Morgan fingerprint density at radius 3 is 2.79 bits per heavy atom. The molecule has 1 amide bonds.